The van der Waals surface area contributed by atoms with Gasteiger partial charge in [-0.15, -0.1) is 0 Å². The van der Waals surface area contributed by atoms with Crippen molar-refractivity contribution in [3.05, 3.63) is 0 Å². The molecule has 10 N–H and O–H groups in total. The molecule has 1 rings (SSSR count). The molecule has 1 fully saturated rings. The van der Waals surface area contributed by atoms with E-state index in [2.05, 4.69) is 26.3 Å². The van der Waals surface area contributed by atoms with Crippen molar-refractivity contribution in [3.8, 4) is 0 Å². The van der Waals surface area contributed by atoms with Crippen LogP contribution in [0.1, 0.15) is 44.9 Å². The molecule has 0 aliphatic carbocycles. The third kappa shape index (κ3) is 12.1. The maximum absolute atomic E-state index is 13.0. The van der Waals surface area contributed by atoms with Crippen LogP contribution in [0.25, 0.3) is 0 Å². The van der Waals surface area contributed by atoms with E-state index < -0.39 is 53.8 Å². The zero-order valence-corrected chi connectivity index (χ0v) is 21.1. The van der Waals surface area contributed by atoms with Crippen LogP contribution in [0.15, 0.2) is 4.99 Å². The first-order valence-corrected chi connectivity index (χ1v) is 13.1. The average molecular weight is 532 g/mol. The molecule has 1 heterocycles. The molecule has 0 saturated carbocycles. The van der Waals surface area contributed by atoms with Crippen LogP contribution in [0.4, 0.5) is 0 Å². The van der Waals surface area contributed by atoms with Crippen molar-refractivity contribution < 1.29 is 34.2 Å². The van der Waals surface area contributed by atoms with Crippen LogP contribution in [-0.2, 0) is 24.0 Å². The highest BCUT2D eigenvalue weighted by Crippen LogP contribution is 2.09. The van der Waals surface area contributed by atoms with Gasteiger partial charge in [-0.2, -0.15) is 11.8 Å². The number of carbonyl (C=O) groups is 5. The van der Waals surface area contributed by atoms with Crippen molar-refractivity contribution in [2.45, 2.75) is 69.1 Å². The monoisotopic (exact) mass is 531 g/mol. The summed E-state index contributed by atoms with van der Waals surface area (Å²) in [6.45, 7) is 0.826. The van der Waals surface area contributed by atoms with Crippen molar-refractivity contribution >= 4 is 47.4 Å². The van der Waals surface area contributed by atoms with Crippen LogP contribution in [0, 0.1) is 0 Å². The Labute approximate surface area is 213 Å². The summed E-state index contributed by atoms with van der Waals surface area (Å²) in [4.78, 5) is 65.0. The zero-order chi connectivity index (χ0) is 27.1. The van der Waals surface area contributed by atoms with Gasteiger partial charge in [0.15, 0.2) is 5.96 Å². The van der Waals surface area contributed by atoms with Crippen molar-refractivity contribution in [1.29, 1.82) is 0 Å². The number of nitrogens with one attached hydrogen (secondary N) is 4. The predicted molar refractivity (Wildman–Crippen MR) is 134 cm³/mol. The van der Waals surface area contributed by atoms with Crippen LogP contribution < -0.4 is 32.7 Å². The highest BCUT2D eigenvalue weighted by molar-refractivity contribution is 7.98. The predicted octanol–water partition coefficient (Wildman–Crippen LogP) is -2.05. The van der Waals surface area contributed by atoms with Crippen molar-refractivity contribution in [2.75, 3.05) is 25.1 Å². The first-order chi connectivity index (χ1) is 17.0. The number of carboxylic acid groups (broad SMARTS) is 2. The summed E-state index contributed by atoms with van der Waals surface area (Å²) in [7, 11) is 0. The lowest BCUT2D eigenvalue weighted by Crippen LogP contribution is -2.57. The minimum absolute atomic E-state index is 0.0764. The summed E-state index contributed by atoms with van der Waals surface area (Å²) in [6, 6.07) is -4.00. The first kappa shape index (κ1) is 31.0. The Bertz CT molecular complexity index is 801. The number of aliphatic imine (C=N–C) groups is 1. The van der Waals surface area contributed by atoms with Gasteiger partial charge in [-0.3, -0.25) is 24.2 Å². The van der Waals surface area contributed by atoms with Crippen LogP contribution >= 0.6 is 11.8 Å². The van der Waals surface area contributed by atoms with Gasteiger partial charge in [0.2, 0.25) is 17.7 Å². The van der Waals surface area contributed by atoms with Crippen LogP contribution in [-0.4, -0.2) is 95.1 Å². The number of aliphatic carboxylic acids is 2. The highest BCUT2D eigenvalue weighted by Gasteiger charge is 2.31. The molecule has 36 heavy (non-hydrogen) atoms. The second kappa shape index (κ2) is 16.6. The van der Waals surface area contributed by atoms with Gasteiger partial charge in [0.05, 0.1) is 6.04 Å². The number of amides is 3. The lowest BCUT2D eigenvalue weighted by Gasteiger charge is -2.25. The fourth-order valence-corrected chi connectivity index (χ4v) is 4.00. The molecule has 0 spiro atoms. The van der Waals surface area contributed by atoms with Crippen molar-refractivity contribution in [1.82, 2.24) is 21.3 Å². The molecule has 0 aromatic heterocycles. The topological polar surface area (TPSA) is 238 Å². The molecular weight excluding hydrogens is 494 g/mol. The number of hydrogen-bond donors (Lipinski definition) is 8. The van der Waals surface area contributed by atoms with E-state index in [1.54, 1.807) is 6.26 Å². The molecule has 3 amide bonds. The minimum atomic E-state index is -1.21. The fraction of sp³-hybridized carbons (Fsp3) is 0.714. The summed E-state index contributed by atoms with van der Waals surface area (Å²) in [5.41, 5.74) is 10.6. The van der Waals surface area contributed by atoms with Crippen molar-refractivity contribution in [3.63, 3.8) is 0 Å². The molecule has 15 heteroatoms. The van der Waals surface area contributed by atoms with E-state index in [1.165, 1.54) is 11.8 Å². The number of carboxylic acids is 2. The van der Waals surface area contributed by atoms with Gasteiger partial charge in [0.25, 0.3) is 0 Å². The van der Waals surface area contributed by atoms with Gasteiger partial charge in [0, 0.05) is 13.0 Å². The Morgan fingerprint density at radius 3 is 2.17 bits per heavy atom. The molecule has 1 aliphatic rings. The van der Waals surface area contributed by atoms with Gasteiger partial charge >= 0.3 is 11.9 Å². The molecule has 204 valence electrons. The molecule has 14 nitrogen and oxygen atoms in total. The summed E-state index contributed by atoms with van der Waals surface area (Å²) in [5.74, 6) is -3.90. The minimum Gasteiger partial charge on any atom is -0.481 e. The van der Waals surface area contributed by atoms with E-state index in [1.807, 2.05) is 0 Å². The fourth-order valence-electron chi connectivity index (χ4n) is 3.53. The van der Waals surface area contributed by atoms with Gasteiger partial charge in [-0.05, 0) is 57.1 Å². The molecule has 4 unspecified atom stereocenters. The van der Waals surface area contributed by atoms with Crippen LogP contribution in [0.2, 0.25) is 0 Å². The summed E-state index contributed by atoms with van der Waals surface area (Å²) in [5, 5.41) is 29.0. The largest absolute Gasteiger partial charge is 0.481 e. The lowest BCUT2D eigenvalue weighted by molar-refractivity contribution is -0.142. The van der Waals surface area contributed by atoms with Crippen LogP contribution in [0.3, 0.4) is 0 Å². The van der Waals surface area contributed by atoms with Gasteiger partial charge in [-0.1, -0.05) is 0 Å². The van der Waals surface area contributed by atoms with Gasteiger partial charge in [0.1, 0.15) is 18.1 Å². The third-order valence-electron chi connectivity index (χ3n) is 5.46. The standard InChI is InChI=1S/C21H37N7O7S/c1-36-11-8-15(20(34)35)28-18(32)13(5-3-10-25-21(22)23)26-19(33)14(6-7-16(29)30)27-17(31)12-4-2-9-24-12/h12-15,24H,2-11H2,1H3,(H,26,33)(H,27,31)(H,28,32)(H,29,30)(H,34,35)(H4,22,23,25). The Morgan fingerprint density at radius 2 is 1.64 bits per heavy atom. The average Bonchev–Trinajstić information content (AvgIpc) is 3.35. The molecule has 0 bridgehead atoms. The molecule has 0 radical (unpaired) electrons. The van der Waals surface area contributed by atoms with E-state index in [4.69, 9.17) is 16.6 Å². The Kier molecular flexibility index (Phi) is 14.3. The third-order valence-corrected chi connectivity index (χ3v) is 6.10. The van der Waals surface area contributed by atoms with E-state index >= 15 is 0 Å². The maximum atomic E-state index is 13.0. The molecule has 4 atom stereocenters. The lowest BCUT2D eigenvalue weighted by atomic mass is 10.1. The van der Waals surface area contributed by atoms with Crippen molar-refractivity contribution in [2.24, 2.45) is 16.5 Å². The second-order valence-corrected chi connectivity index (χ2v) is 9.32. The second-order valence-electron chi connectivity index (χ2n) is 8.33. The SMILES string of the molecule is CSCCC(NC(=O)C(CCCN=C(N)N)NC(=O)C(CCC(=O)O)NC(=O)C1CCCN1)C(=O)O. The van der Waals surface area contributed by atoms with E-state index in [0.717, 1.165) is 6.42 Å². The van der Waals surface area contributed by atoms with E-state index in [9.17, 15) is 29.1 Å². The zero-order valence-electron chi connectivity index (χ0n) is 20.3. The normalized spacial score (nSPS) is 17.3. The number of nitrogens with zero attached hydrogens (tertiary/aromatic N) is 1. The Hall–Kier alpha value is -3.07. The maximum Gasteiger partial charge on any atom is 0.326 e. The summed E-state index contributed by atoms with van der Waals surface area (Å²) in [6.07, 6.45) is 3.17. The number of guanidine groups is 1. The highest BCUT2D eigenvalue weighted by atomic mass is 32.2. The number of thioether (sulfide) groups is 1. The van der Waals surface area contributed by atoms with E-state index in [-0.39, 0.29) is 44.6 Å². The van der Waals surface area contributed by atoms with Gasteiger partial charge < -0.3 is 42.9 Å². The smallest absolute Gasteiger partial charge is 0.326 e. The number of hydrogen-bond acceptors (Lipinski definition) is 8. The van der Waals surface area contributed by atoms with E-state index in [0.29, 0.717) is 18.7 Å². The quantitative estimate of drug-likeness (QED) is 0.0577. The number of carbonyl (C=O) groups excluding carboxylic acids is 3. The summed E-state index contributed by atoms with van der Waals surface area (Å²) >= 11 is 1.42. The molecule has 0 aromatic rings. The molecule has 1 saturated heterocycles. The molecule has 1 aliphatic heterocycles. The number of nitrogens with two attached hydrogens (primary N) is 2. The first-order valence-electron chi connectivity index (χ1n) is 11.7. The van der Waals surface area contributed by atoms with Crippen LogP contribution in [0.5, 0.6) is 0 Å². The van der Waals surface area contributed by atoms with Gasteiger partial charge in [-0.25, -0.2) is 4.79 Å². The number of rotatable bonds is 17. The Balaban J connectivity index is 2.97. The molecule has 0 aromatic carbocycles. The summed E-state index contributed by atoms with van der Waals surface area (Å²) < 4.78 is 0. The Morgan fingerprint density at radius 1 is 1.00 bits per heavy atom. The molecular formula is C21H37N7O7S.